The fraction of sp³-hybridized carbons (Fsp3) is 0.333. The molecule has 0 atom stereocenters. The van der Waals surface area contributed by atoms with E-state index >= 15 is 0 Å². The van der Waals surface area contributed by atoms with Crippen LogP contribution in [-0.2, 0) is 21.0 Å². The molecule has 5 heteroatoms. The van der Waals surface area contributed by atoms with Gasteiger partial charge < -0.3 is 4.18 Å². The van der Waals surface area contributed by atoms with E-state index in [2.05, 4.69) is 12.5 Å². The average molecular weight is 233 g/mol. The summed E-state index contributed by atoms with van der Waals surface area (Å²) >= 11 is 0. The highest BCUT2D eigenvalue weighted by molar-refractivity contribution is 7.95. The van der Waals surface area contributed by atoms with Crippen molar-refractivity contribution in [3.8, 4) is 5.75 Å². The summed E-state index contributed by atoms with van der Waals surface area (Å²) in [5, 5.41) is 0. The SMILES string of the molecule is C[S+](C)c1ccc(OS(C)(=O)=O)cc1. The van der Waals surface area contributed by atoms with Gasteiger partial charge in [-0.1, -0.05) is 0 Å². The second kappa shape index (κ2) is 4.23. The van der Waals surface area contributed by atoms with Crippen LogP contribution < -0.4 is 4.18 Å². The van der Waals surface area contributed by atoms with Crippen molar-refractivity contribution in [1.29, 1.82) is 0 Å². The Kier molecular flexibility index (Phi) is 3.44. The van der Waals surface area contributed by atoms with E-state index in [4.69, 9.17) is 4.18 Å². The van der Waals surface area contributed by atoms with E-state index in [1.54, 1.807) is 12.1 Å². The molecule has 1 aromatic rings. The fourth-order valence-corrected chi connectivity index (χ4v) is 2.08. The Morgan fingerprint density at radius 3 is 2.00 bits per heavy atom. The van der Waals surface area contributed by atoms with E-state index in [-0.39, 0.29) is 10.9 Å². The first kappa shape index (κ1) is 11.4. The molecule has 0 fully saturated rings. The second-order valence-corrected chi connectivity index (χ2v) is 6.75. The van der Waals surface area contributed by atoms with Crippen molar-refractivity contribution in [2.24, 2.45) is 0 Å². The maximum atomic E-state index is 10.8. The van der Waals surface area contributed by atoms with Crippen molar-refractivity contribution >= 4 is 21.0 Å². The van der Waals surface area contributed by atoms with E-state index in [9.17, 15) is 8.42 Å². The average Bonchev–Trinajstić information content (AvgIpc) is 2.02. The summed E-state index contributed by atoms with van der Waals surface area (Å²) in [5.41, 5.74) is 0. The zero-order chi connectivity index (χ0) is 10.8. The molecule has 0 aliphatic carbocycles. The Hall–Kier alpha value is -0.680. The summed E-state index contributed by atoms with van der Waals surface area (Å²) in [6.45, 7) is 0. The van der Waals surface area contributed by atoms with Gasteiger partial charge in [0.15, 0.2) is 4.90 Å². The monoisotopic (exact) mass is 233 g/mol. The van der Waals surface area contributed by atoms with Gasteiger partial charge in [-0.3, -0.25) is 0 Å². The highest BCUT2D eigenvalue weighted by Gasteiger charge is 2.09. The molecule has 0 N–H and O–H groups in total. The molecular formula is C9H13O3S2+. The van der Waals surface area contributed by atoms with E-state index in [0.29, 0.717) is 5.75 Å². The quantitative estimate of drug-likeness (QED) is 0.583. The molecule has 14 heavy (non-hydrogen) atoms. The van der Waals surface area contributed by atoms with Crippen LogP contribution in [0.3, 0.4) is 0 Å². The Morgan fingerprint density at radius 1 is 1.14 bits per heavy atom. The zero-order valence-electron chi connectivity index (χ0n) is 8.35. The van der Waals surface area contributed by atoms with Crippen LogP contribution in [0.25, 0.3) is 0 Å². The van der Waals surface area contributed by atoms with Crippen LogP contribution in [0.2, 0.25) is 0 Å². The first-order chi connectivity index (χ1) is 6.38. The summed E-state index contributed by atoms with van der Waals surface area (Å²) in [6, 6.07) is 7.10. The van der Waals surface area contributed by atoms with Crippen LogP contribution >= 0.6 is 0 Å². The first-order valence-corrected chi connectivity index (χ1v) is 7.81. The lowest BCUT2D eigenvalue weighted by atomic mass is 10.3. The molecular weight excluding hydrogens is 220 g/mol. The first-order valence-electron chi connectivity index (χ1n) is 3.95. The minimum absolute atomic E-state index is 0.185. The molecule has 1 rings (SSSR count). The van der Waals surface area contributed by atoms with Crippen LogP contribution in [0.1, 0.15) is 0 Å². The van der Waals surface area contributed by atoms with E-state index in [1.807, 2.05) is 12.1 Å². The summed E-state index contributed by atoms with van der Waals surface area (Å²) in [4.78, 5) is 1.19. The second-order valence-electron chi connectivity index (χ2n) is 3.08. The van der Waals surface area contributed by atoms with Crippen LogP contribution in [0, 0.1) is 0 Å². The van der Waals surface area contributed by atoms with Gasteiger partial charge in [0.1, 0.15) is 18.3 Å². The summed E-state index contributed by atoms with van der Waals surface area (Å²) < 4.78 is 26.3. The lowest BCUT2D eigenvalue weighted by Crippen LogP contribution is -2.05. The van der Waals surface area contributed by atoms with Crippen LogP contribution in [0.4, 0.5) is 0 Å². The van der Waals surface area contributed by atoms with Gasteiger partial charge in [0.2, 0.25) is 0 Å². The van der Waals surface area contributed by atoms with Crippen LogP contribution in [-0.4, -0.2) is 27.2 Å². The van der Waals surface area contributed by atoms with Crippen molar-refractivity contribution in [2.75, 3.05) is 18.8 Å². The third kappa shape index (κ3) is 3.59. The Balaban J connectivity index is 2.84. The lowest BCUT2D eigenvalue weighted by molar-refractivity contribution is 0.493. The maximum Gasteiger partial charge on any atom is 0.306 e. The van der Waals surface area contributed by atoms with Crippen LogP contribution in [0.5, 0.6) is 5.75 Å². The summed E-state index contributed by atoms with van der Waals surface area (Å²) in [7, 11) is -3.22. The highest BCUT2D eigenvalue weighted by atomic mass is 32.2. The summed E-state index contributed by atoms with van der Waals surface area (Å²) in [5.74, 6) is 0.363. The molecule has 0 saturated heterocycles. The Labute approximate surface area is 87.6 Å². The third-order valence-electron chi connectivity index (χ3n) is 1.54. The molecule has 0 aromatic heterocycles. The molecule has 3 nitrogen and oxygen atoms in total. The van der Waals surface area contributed by atoms with Crippen molar-refractivity contribution in [2.45, 2.75) is 4.90 Å². The number of hydrogen-bond acceptors (Lipinski definition) is 3. The standard InChI is InChI=1S/C9H13O3S2/c1-13(2)9-6-4-8(5-7-9)12-14(3,10)11/h4-7H,1-3H3/q+1. The van der Waals surface area contributed by atoms with Gasteiger partial charge in [0.25, 0.3) is 0 Å². The van der Waals surface area contributed by atoms with Gasteiger partial charge in [0, 0.05) is 10.9 Å². The number of rotatable bonds is 3. The van der Waals surface area contributed by atoms with Crippen molar-refractivity contribution in [3.05, 3.63) is 24.3 Å². The van der Waals surface area contributed by atoms with Gasteiger partial charge in [-0.05, 0) is 24.3 Å². The lowest BCUT2D eigenvalue weighted by Gasteiger charge is -2.02. The van der Waals surface area contributed by atoms with Crippen molar-refractivity contribution < 1.29 is 12.6 Å². The smallest absolute Gasteiger partial charge is 0.306 e. The molecule has 1 aromatic carbocycles. The molecule has 0 amide bonds. The zero-order valence-corrected chi connectivity index (χ0v) is 9.98. The molecule has 0 spiro atoms. The normalized spacial score (nSPS) is 11.7. The minimum atomic E-state index is -3.41. The van der Waals surface area contributed by atoms with Crippen molar-refractivity contribution in [1.82, 2.24) is 0 Å². The topological polar surface area (TPSA) is 43.4 Å². The predicted octanol–water partition coefficient (Wildman–Crippen LogP) is 1.26. The molecule has 0 unspecified atom stereocenters. The molecule has 0 aliphatic rings. The summed E-state index contributed by atoms with van der Waals surface area (Å²) in [6.07, 6.45) is 5.24. The Morgan fingerprint density at radius 2 is 1.64 bits per heavy atom. The maximum absolute atomic E-state index is 10.8. The minimum Gasteiger partial charge on any atom is -0.383 e. The van der Waals surface area contributed by atoms with Gasteiger partial charge >= 0.3 is 10.1 Å². The Bertz CT molecular complexity index is 393. The number of benzene rings is 1. The molecule has 0 heterocycles. The predicted molar refractivity (Wildman–Crippen MR) is 59.4 cm³/mol. The van der Waals surface area contributed by atoms with Crippen LogP contribution in [0.15, 0.2) is 29.2 Å². The van der Waals surface area contributed by atoms with E-state index in [1.165, 1.54) is 4.90 Å². The highest BCUT2D eigenvalue weighted by Crippen LogP contribution is 2.16. The van der Waals surface area contributed by atoms with E-state index < -0.39 is 10.1 Å². The fourth-order valence-electron chi connectivity index (χ4n) is 0.942. The molecule has 0 aliphatic heterocycles. The number of hydrogen-bond donors (Lipinski definition) is 0. The van der Waals surface area contributed by atoms with E-state index in [0.717, 1.165) is 6.26 Å². The van der Waals surface area contributed by atoms with Gasteiger partial charge in [0.05, 0.1) is 6.26 Å². The van der Waals surface area contributed by atoms with Gasteiger partial charge in [-0.15, -0.1) is 0 Å². The largest absolute Gasteiger partial charge is 0.383 e. The molecule has 0 radical (unpaired) electrons. The van der Waals surface area contributed by atoms with Crippen molar-refractivity contribution in [3.63, 3.8) is 0 Å². The molecule has 0 bridgehead atoms. The molecule has 0 saturated carbocycles. The van der Waals surface area contributed by atoms with Gasteiger partial charge in [-0.25, -0.2) is 0 Å². The third-order valence-corrected chi connectivity index (χ3v) is 3.25. The van der Waals surface area contributed by atoms with Gasteiger partial charge in [-0.2, -0.15) is 8.42 Å². The molecule has 78 valence electrons.